The number of benzene rings is 1. The first-order valence-corrected chi connectivity index (χ1v) is 7.87. The molecule has 1 heterocycles. The second-order valence-corrected chi connectivity index (χ2v) is 6.24. The number of carbonyl (C=O) groups excluding carboxylic acids is 1. The fourth-order valence-corrected chi connectivity index (χ4v) is 2.98. The van der Waals surface area contributed by atoms with Crippen LogP contribution in [0, 0.1) is 5.92 Å². The SMILES string of the molecule is O=C(O)CCC1CCCN(C(=O)Nc2cccc(Br)c2)C1. The van der Waals surface area contributed by atoms with Crippen molar-refractivity contribution in [3.8, 4) is 0 Å². The van der Waals surface area contributed by atoms with Gasteiger partial charge in [0.15, 0.2) is 0 Å². The number of likely N-dealkylation sites (tertiary alicyclic amines) is 1. The van der Waals surface area contributed by atoms with Crippen molar-refractivity contribution < 1.29 is 14.7 Å². The molecular formula is C15H19BrN2O3. The van der Waals surface area contributed by atoms with Crippen LogP contribution in [0.2, 0.25) is 0 Å². The highest BCUT2D eigenvalue weighted by atomic mass is 79.9. The topological polar surface area (TPSA) is 69.6 Å². The van der Waals surface area contributed by atoms with Crippen molar-refractivity contribution in [2.45, 2.75) is 25.7 Å². The fourth-order valence-electron chi connectivity index (χ4n) is 2.58. The average molecular weight is 355 g/mol. The minimum absolute atomic E-state index is 0.117. The average Bonchev–Trinajstić information content (AvgIpc) is 2.45. The molecule has 1 unspecified atom stereocenters. The first kappa shape index (κ1) is 15.8. The molecule has 21 heavy (non-hydrogen) atoms. The summed E-state index contributed by atoms with van der Waals surface area (Å²) in [6.45, 7) is 1.36. The van der Waals surface area contributed by atoms with Gasteiger partial charge >= 0.3 is 12.0 Å². The van der Waals surface area contributed by atoms with Gasteiger partial charge in [-0.1, -0.05) is 22.0 Å². The fraction of sp³-hybridized carbons (Fsp3) is 0.467. The van der Waals surface area contributed by atoms with Crippen LogP contribution in [-0.4, -0.2) is 35.1 Å². The lowest BCUT2D eigenvalue weighted by Gasteiger charge is -2.32. The van der Waals surface area contributed by atoms with Gasteiger partial charge in [-0.2, -0.15) is 0 Å². The third kappa shape index (κ3) is 5.04. The van der Waals surface area contributed by atoms with E-state index < -0.39 is 5.97 Å². The molecule has 1 aromatic rings. The number of carbonyl (C=O) groups is 2. The number of hydrogen-bond donors (Lipinski definition) is 2. The quantitative estimate of drug-likeness (QED) is 0.868. The zero-order valence-electron chi connectivity index (χ0n) is 11.7. The molecule has 1 aromatic carbocycles. The van der Waals surface area contributed by atoms with Crippen LogP contribution in [0.1, 0.15) is 25.7 Å². The van der Waals surface area contributed by atoms with Crippen molar-refractivity contribution in [1.82, 2.24) is 4.90 Å². The molecule has 1 atom stereocenters. The van der Waals surface area contributed by atoms with E-state index >= 15 is 0 Å². The van der Waals surface area contributed by atoms with Crippen LogP contribution in [0.3, 0.4) is 0 Å². The number of aliphatic carboxylic acids is 1. The third-order valence-electron chi connectivity index (χ3n) is 3.65. The Morgan fingerprint density at radius 2 is 2.24 bits per heavy atom. The lowest BCUT2D eigenvalue weighted by molar-refractivity contribution is -0.137. The summed E-state index contributed by atoms with van der Waals surface area (Å²) >= 11 is 3.37. The van der Waals surface area contributed by atoms with Gasteiger partial charge in [-0.25, -0.2) is 4.79 Å². The van der Waals surface area contributed by atoms with Gasteiger partial charge in [-0.15, -0.1) is 0 Å². The molecule has 5 nitrogen and oxygen atoms in total. The van der Waals surface area contributed by atoms with Gasteiger partial charge in [0.1, 0.15) is 0 Å². The minimum Gasteiger partial charge on any atom is -0.481 e. The summed E-state index contributed by atoms with van der Waals surface area (Å²) in [4.78, 5) is 24.7. The highest BCUT2D eigenvalue weighted by Gasteiger charge is 2.24. The summed E-state index contributed by atoms with van der Waals surface area (Å²) in [5, 5.41) is 11.6. The summed E-state index contributed by atoms with van der Waals surface area (Å²) in [5.74, 6) is -0.492. The Morgan fingerprint density at radius 3 is 2.95 bits per heavy atom. The number of hydrogen-bond acceptors (Lipinski definition) is 2. The number of urea groups is 1. The number of piperidine rings is 1. The molecule has 2 N–H and O–H groups in total. The van der Waals surface area contributed by atoms with Crippen LogP contribution in [0.5, 0.6) is 0 Å². The molecule has 0 saturated carbocycles. The molecule has 0 aromatic heterocycles. The van der Waals surface area contributed by atoms with E-state index in [2.05, 4.69) is 21.2 Å². The molecule has 1 aliphatic heterocycles. The van der Waals surface area contributed by atoms with E-state index in [1.54, 1.807) is 4.90 Å². The van der Waals surface area contributed by atoms with E-state index in [1.165, 1.54) is 0 Å². The van der Waals surface area contributed by atoms with E-state index in [0.29, 0.717) is 13.0 Å². The van der Waals surface area contributed by atoms with E-state index in [9.17, 15) is 9.59 Å². The van der Waals surface area contributed by atoms with Crippen molar-refractivity contribution in [1.29, 1.82) is 0 Å². The molecule has 1 saturated heterocycles. The second kappa shape index (κ2) is 7.45. The lowest BCUT2D eigenvalue weighted by atomic mass is 9.93. The van der Waals surface area contributed by atoms with Crippen LogP contribution < -0.4 is 5.32 Å². The van der Waals surface area contributed by atoms with E-state index in [0.717, 1.165) is 29.5 Å². The van der Waals surface area contributed by atoms with Gasteiger partial charge in [-0.3, -0.25) is 4.79 Å². The molecule has 114 valence electrons. The highest BCUT2D eigenvalue weighted by Crippen LogP contribution is 2.22. The van der Waals surface area contributed by atoms with E-state index in [1.807, 2.05) is 24.3 Å². The number of nitrogens with zero attached hydrogens (tertiary/aromatic N) is 1. The van der Waals surface area contributed by atoms with Gasteiger partial charge in [0.05, 0.1) is 0 Å². The third-order valence-corrected chi connectivity index (χ3v) is 4.14. The maximum Gasteiger partial charge on any atom is 0.321 e. The van der Waals surface area contributed by atoms with Gasteiger partial charge < -0.3 is 15.3 Å². The molecule has 0 bridgehead atoms. The van der Waals surface area contributed by atoms with Crippen molar-refractivity contribution >= 4 is 33.6 Å². The van der Waals surface area contributed by atoms with Crippen LogP contribution in [0.25, 0.3) is 0 Å². The summed E-state index contributed by atoms with van der Waals surface area (Å²) in [5.41, 5.74) is 0.752. The maximum absolute atomic E-state index is 12.2. The predicted molar refractivity (Wildman–Crippen MR) is 84.3 cm³/mol. The van der Waals surface area contributed by atoms with Crippen LogP contribution in [0.4, 0.5) is 10.5 Å². The Morgan fingerprint density at radius 1 is 1.43 bits per heavy atom. The Hall–Kier alpha value is -1.56. The summed E-state index contributed by atoms with van der Waals surface area (Å²) in [6, 6.07) is 7.34. The number of carboxylic acid groups (broad SMARTS) is 1. The number of carboxylic acids is 1. The Balaban J connectivity index is 1.88. The molecular weight excluding hydrogens is 336 g/mol. The normalized spacial score (nSPS) is 18.3. The summed E-state index contributed by atoms with van der Waals surface area (Å²) < 4.78 is 0.915. The zero-order chi connectivity index (χ0) is 15.2. The van der Waals surface area contributed by atoms with Gasteiger partial charge in [0.25, 0.3) is 0 Å². The monoisotopic (exact) mass is 354 g/mol. The van der Waals surface area contributed by atoms with E-state index in [4.69, 9.17) is 5.11 Å². The Bertz CT molecular complexity index is 521. The number of halogens is 1. The van der Waals surface area contributed by atoms with Crippen molar-refractivity contribution in [2.24, 2.45) is 5.92 Å². The van der Waals surface area contributed by atoms with Gasteiger partial charge in [-0.05, 0) is 43.4 Å². The second-order valence-electron chi connectivity index (χ2n) is 5.33. The number of nitrogens with one attached hydrogen (secondary N) is 1. The van der Waals surface area contributed by atoms with Crippen LogP contribution in [-0.2, 0) is 4.79 Å². The molecule has 1 fully saturated rings. The van der Waals surface area contributed by atoms with Crippen molar-refractivity contribution in [2.75, 3.05) is 18.4 Å². The summed E-state index contributed by atoms with van der Waals surface area (Å²) in [6.07, 6.45) is 2.73. The Kier molecular flexibility index (Phi) is 5.61. The molecule has 0 aliphatic carbocycles. The predicted octanol–water partition coefficient (Wildman–Crippen LogP) is 3.56. The van der Waals surface area contributed by atoms with Crippen molar-refractivity contribution in [3.63, 3.8) is 0 Å². The molecule has 0 radical (unpaired) electrons. The molecule has 0 spiro atoms. The highest BCUT2D eigenvalue weighted by molar-refractivity contribution is 9.10. The zero-order valence-corrected chi connectivity index (χ0v) is 13.3. The summed E-state index contributed by atoms with van der Waals surface area (Å²) in [7, 11) is 0. The molecule has 6 heteroatoms. The maximum atomic E-state index is 12.2. The Labute approximate surface area is 132 Å². The van der Waals surface area contributed by atoms with E-state index in [-0.39, 0.29) is 18.4 Å². The minimum atomic E-state index is -0.772. The van der Waals surface area contributed by atoms with Gasteiger partial charge in [0, 0.05) is 29.7 Å². The number of amides is 2. The first-order chi connectivity index (χ1) is 10.0. The number of anilines is 1. The standard InChI is InChI=1S/C15H19BrN2O3/c16-12-4-1-5-13(9-12)17-15(21)18-8-2-3-11(10-18)6-7-14(19)20/h1,4-5,9,11H,2-3,6-8,10H2,(H,17,21)(H,19,20). The van der Waals surface area contributed by atoms with Crippen molar-refractivity contribution in [3.05, 3.63) is 28.7 Å². The van der Waals surface area contributed by atoms with Crippen LogP contribution >= 0.6 is 15.9 Å². The van der Waals surface area contributed by atoms with Gasteiger partial charge in [0.2, 0.25) is 0 Å². The number of rotatable bonds is 4. The molecule has 2 amide bonds. The van der Waals surface area contributed by atoms with Crippen LogP contribution in [0.15, 0.2) is 28.7 Å². The molecule has 2 rings (SSSR count). The largest absolute Gasteiger partial charge is 0.481 e. The molecule has 1 aliphatic rings. The smallest absolute Gasteiger partial charge is 0.321 e. The first-order valence-electron chi connectivity index (χ1n) is 7.08. The lowest BCUT2D eigenvalue weighted by Crippen LogP contribution is -2.42.